The van der Waals surface area contributed by atoms with Crippen LogP contribution in [0.4, 0.5) is 5.69 Å². The quantitative estimate of drug-likeness (QED) is 0.859. The van der Waals surface area contributed by atoms with Crippen molar-refractivity contribution in [1.82, 2.24) is 0 Å². The number of nitrogens with one attached hydrogen (secondary N) is 1. The van der Waals surface area contributed by atoms with Gasteiger partial charge in [0.1, 0.15) is 5.75 Å². The maximum absolute atomic E-state index is 12.2. The van der Waals surface area contributed by atoms with E-state index in [0.29, 0.717) is 5.57 Å². The number of anilines is 1. The molecule has 2 rings (SSSR count). The predicted octanol–water partition coefficient (Wildman–Crippen LogP) is 4.05. The Hall–Kier alpha value is -2.55. The normalized spacial score (nSPS) is 11.1. The zero-order valence-corrected chi connectivity index (χ0v) is 12.5. The van der Waals surface area contributed by atoms with Crippen LogP contribution in [0.25, 0.3) is 6.08 Å². The van der Waals surface area contributed by atoms with E-state index in [1.807, 2.05) is 61.5 Å². The highest BCUT2D eigenvalue weighted by molar-refractivity contribution is 6.06. The maximum atomic E-state index is 12.2. The van der Waals surface area contributed by atoms with Gasteiger partial charge in [-0.25, -0.2) is 0 Å². The summed E-state index contributed by atoms with van der Waals surface area (Å²) in [7, 11) is 1.61. The Morgan fingerprint density at radius 2 is 1.86 bits per heavy atom. The van der Waals surface area contributed by atoms with Crippen molar-refractivity contribution in [2.75, 3.05) is 12.4 Å². The third kappa shape index (κ3) is 3.96. The van der Waals surface area contributed by atoms with Gasteiger partial charge in [-0.05, 0) is 37.1 Å². The summed E-state index contributed by atoms with van der Waals surface area (Å²) < 4.78 is 5.18. The summed E-state index contributed by atoms with van der Waals surface area (Å²) >= 11 is 0. The molecule has 0 saturated carbocycles. The molecule has 21 heavy (non-hydrogen) atoms. The molecule has 0 unspecified atom stereocenters. The second-order valence-electron chi connectivity index (χ2n) is 4.87. The smallest absolute Gasteiger partial charge is 0.251 e. The van der Waals surface area contributed by atoms with Crippen LogP contribution < -0.4 is 10.1 Å². The van der Waals surface area contributed by atoms with Gasteiger partial charge in [-0.15, -0.1) is 0 Å². The van der Waals surface area contributed by atoms with Crippen LogP contribution in [0, 0.1) is 6.92 Å². The van der Waals surface area contributed by atoms with E-state index < -0.39 is 0 Å². The standard InChI is InChI=1S/C18H19NO2/c1-13-9-10-16(21-3)12-17(13)19-18(20)14(2)11-15-7-5-4-6-8-15/h4-12H,1-3H3,(H,19,20). The predicted molar refractivity (Wildman–Crippen MR) is 86.5 cm³/mol. The molecule has 0 saturated heterocycles. The molecule has 0 fully saturated rings. The molecule has 108 valence electrons. The van der Waals surface area contributed by atoms with Crippen molar-refractivity contribution in [3.63, 3.8) is 0 Å². The minimum Gasteiger partial charge on any atom is -0.497 e. The molecule has 0 radical (unpaired) electrons. The Morgan fingerprint density at radius 1 is 1.14 bits per heavy atom. The van der Waals surface area contributed by atoms with E-state index in [4.69, 9.17) is 4.74 Å². The van der Waals surface area contributed by atoms with Gasteiger partial charge in [-0.1, -0.05) is 36.4 Å². The SMILES string of the molecule is COc1ccc(C)c(NC(=O)C(C)=Cc2ccccc2)c1. The molecule has 0 heterocycles. The van der Waals surface area contributed by atoms with Crippen molar-refractivity contribution in [2.24, 2.45) is 0 Å². The van der Waals surface area contributed by atoms with E-state index in [9.17, 15) is 4.79 Å². The fourth-order valence-corrected chi connectivity index (χ4v) is 1.95. The number of rotatable bonds is 4. The summed E-state index contributed by atoms with van der Waals surface area (Å²) in [4.78, 5) is 12.2. The van der Waals surface area contributed by atoms with Crippen LogP contribution in [-0.2, 0) is 4.79 Å². The van der Waals surface area contributed by atoms with E-state index in [1.54, 1.807) is 14.0 Å². The molecule has 0 aromatic heterocycles. The second kappa shape index (κ2) is 6.75. The number of carbonyl (C=O) groups is 1. The molecule has 2 aromatic carbocycles. The highest BCUT2D eigenvalue weighted by atomic mass is 16.5. The fraction of sp³-hybridized carbons (Fsp3) is 0.167. The number of ether oxygens (including phenoxy) is 1. The van der Waals surface area contributed by atoms with E-state index in [2.05, 4.69) is 5.32 Å². The minimum absolute atomic E-state index is 0.116. The summed E-state index contributed by atoms with van der Waals surface area (Å²) in [6, 6.07) is 15.4. The Morgan fingerprint density at radius 3 is 2.52 bits per heavy atom. The van der Waals surface area contributed by atoms with Crippen molar-refractivity contribution < 1.29 is 9.53 Å². The van der Waals surface area contributed by atoms with Crippen molar-refractivity contribution >= 4 is 17.7 Å². The van der Waals surface area contributed by atoms with E-state index >= 15 is 0 Å². The summed E-state index contributed by atoms with van der Waals surface area (Å²) in [5.41, 5.74) is 3.42. The average Bonchev–Trinajstić information content (AvgIpc) is 2.50. The van der Waals surface area contributed by atoms with Gasteiger partial charge in [-0.3, -0.25) is 4.79 Å². The van der Waals surface area contributed by atoms with Gasteiger partial charge in [-0.2, -0.15) is 0 Å². The molecule has 0 spiro atoms. The molecule has 3 nitrogen and oxygen atoms in total. The minimum atomic E-state index is -0.116. The van der Waals surface area contributed by atoms with Crippen LogP contribution in [0.2, 0.25) is 0 Å². The van der Waals surface area contributed by atoms with Crippen LogP contribution in [0.5, 0.6) is 5.75 Å². The molecule has 0 aliphatic carbocycles. The highest BCUT2D eigenvalue weighted by Gasteiger charge is 2.08. The van der Waals surface area contributed by atoms with Crippen LogP contribution in [0.15, 0.2) is 54.1 Å². The zero-order valence-electron chi connectivity index (χ0n) is 12.5. The van der Waals surface area contributed by atoms with Gasteiger partial charge in [0.2, 0.25) is 0 Å². The van der Waals surface area contributed by atoms with Gasteiger partial charge in [0.25, 0.3) is 5.91 Å². The number of hydrogen-bond acceptors (Lipinski definition) is 2. The first-order valence-electron chi connectivity index (χ1n) is 6.79. The maximum Gasteiger partial charge on any atom is 0.251 e. The number of carbonyl (C=O) groups excluding carboxylic acids is 1. The topological polar surface area (TPSA) is 38.3 Å². The van der Waals surface area contributed by atoms with Crippen molar-refractivity contribution in [3.05, 3.63) is 65.2 Å². The zero-order chi connectivity index (χ0) is 15.2. The summed E-state index contributed by atoms with van der Waals surface area (Å²) in [5, 5.41) is 2.92. The number of methoxy groups -OCH3 is 1. The third-order valence-electron chi connectivity index (χ3n) is 3.23. The highest BCUT2D eigenvalue weighted by Crippen LogP contribution is 2.22. The second-order valence-corrected chi connectivity index (χ2v) is 4.87. The Labute approximate surface area is 125 Å². The summed E-state index contributed by atoms with van der Waals surface area (Å²) in [5.74, 6) is 0.607. The first kappa shape index (κ1) is 14.9. The lowest BCUT2D eigenvalue weighted by Crippen LogP contribution is -2.13. The van der Waals surface area contributed by atoms with Gasteiger partial charge < -0.3 is 10.1 Å². The molecular weight excluding hydrogens is 262 g/mol. The number of hydrogen-bond donors (Lipinski definition) is 1. The number of aryl methyl sites for hydroxylation is 1. The van der Waals surface area contributed by atoms with Crippen LogP contribution in [-0.4, -0.2) is 13.0 Å². The molecule has 0 aliphatic rings. The number of benzene rings is 2. The van der Waals surface area contributed by atoms with Crippen LogP contribution in [0.3, 0.4) is 0 Å². The molecule has 1 N–H and O–H groups in total. The number of amides is 1. The summed E-state index contributed by atoms with van der Waals surface area (Å²) in [6.07, 6.45) is 1.87. The lowest BCUT2D eigenvalue weighted by atomic mass is 10.1. The monoisotopic (exact) mass is 281 g/mol. The van der Waals surface area contributed by atoms with Crippen molar-refractivity contribution in [2.45, 2.75) is 13.8 Å². The molecular formula is C18H19NO2. The van der Waals surface area contributed by atoms with Gasteiger partial charge >= 0.3 is 0 Å². The largest absolute Gasteiger partial charge is 0.497 e. The fourth-order valence-electron chi connectivity index (χ4n) is 1.95. The molecule has 0 bridgehead atoms. The van der Waals surface area contributed by atoms with Crippen LogP contribution >= 0.6 is 0 Å². The average molecular weight is 281 g/mol. The third-order valence-corrected chi connectivity index (χ3v) is 3.23. The van der Waals surface area contributed by atoms with E-state index in [-0.39, 0.29) is 5.91 Å². The molecule has 3 heteroatoms. The first-order valence-corrected chi connectivity index (χ1v) is 6.79. The van der Waals surface area contributed by atoms with E-state index in [0.717, 1.165) is 22.6 Å². The van der Waals surface area contributed by atoms with Gasteiger partial charge in [0.05, 0.1) is 7.11 Å². The van der Waals surface area contributed by atoms with Crippen LogP contribution in [0.1, 0.15) is 18.1 Å². The van der Waals surface area contributed by atoms with Crippen molar-refractivity contribution in [3.8, 4) is 5.75 Å². The Kier molecular flexibility index (Phi) is 4.77. The Bertz CT molecular complexity index is 660. The van der Waals surface area contributed by atoms with Gasteiger partial charge in [0, 0.05) is 17.3 Å². The molecule has 0 aliphatic heterocycles. The van der Waals surface area contributed by atoms with Crippen molar-refractivity contribution in [1.29, 1.82) is 0 Å². The first-order chi connectivity index (χ1) is 10.1. The lowest BCUT2D eigenvalue weighted by Gasteiger charge is -2.10. The molecule has 2 aromatic rings. The van der Waals surface area contributed by atoms with E-state index in [1.165, 1.54) is 0 Å². The molecule has 0 atom stereocenters. The van der Waals surface area contributed by atoms with Gasteiger partial charge in [0.15, 0.2) is 0 Å². The molecule has 1 amide bonds. The summed E-state index contributed by atoms with van der Waals surface area (Å²) in [6.45, 7) is 3.75. The lowest BCUT2D eigenvalue weighted by molar-refractivity contribution is -0.112. The Balaban J connectivity index is 2.16.